The second-order valence-corrected chi connectivity index (χ2v) is 9.35. The van der Waals surface area contributed by atoms with E-state index in [0.717, 1.165) is 56.0 Å². The van der Waals surface area contributed by atoms with Crippen LogP contribution in [0.25, 0.3) is 0 Å². The molecule has 0 aliphatic heterocycles. The van der Waals surface area contributed by atoms with Crippen LogP contribution in [0.2, 0.25) is 0 Å². The van der Waals surface area contributed by atoms with Crippen molar-refractivity contribution in [1.29, 1.82) is 0 Å². The Kier molecular flexibility index (Phi) is 6.66. The predicted octanol–water partition coefficient (Wildman–Crippen LogP) is 4.93. The lowest BCUT2D eigenvalue weighted by Gasteiger charge is -2.31. The van der Waals surface area contributed by atoms with Gasteiger partial charge in [0.1, 0.15) is 0 Å². The van der Waals surface area contributed by atoms with E-state index in [9.17, 15) is 5.11 Å². The van der Waals surface area contributed by atoms with Crippen LogP contribution in [0.15, 0.2) is 60.7 Å². The van der Waals surface area contributed by atoms with Gasteiger partial charge in [0.05, 0.1) is 17.0 Å². The van der Waals surface area contributed by atoms with Gasteiger partial charge in [-0.3, -0.25) is 0 Å². The molecule has 0 saturated carbocycles. The third-order valence-electron chi connectivity index (χ3n) is 5.92. The van der Waals surface area contributed by atoms with Crippen LogP contribution in [0.1, 0.15) is 49.1 Å². The molecule has 4 rings (SSSR count). The normalized spacial score (nSPS) is 13.5. The van der Waals surface area contributed by atoms with Crippen molar-refractivity contribution in [2.75, 3.05) is 22.5 Å². The van der Waals surface area contributed by atoms with E-state index >= 15 is 0 Å². The summed E-state index contributed by atoms with van der Waals surface area (Å²) in [4.78, 5) is 7.38. The maximum Gasteiger partial charge on any atom is 0.154 e. The predicted molar refractivity (Wildman–Crippen MR) is 133 cm³/mol. The maximum absolute atomic E-state index is 10.3. The number of aryl methyl sites for hydroxylation is 1. The van der Waals surface area contributed by atoms with Gasteiger partial charge in [-0.2, -0.15) is 0 Å². The fraction of sp³-hybridized carbons (Fsp3) is 0.370. The third-order valence-corrected chi connectivity index (χ3v) is 5.92. The van der Waals surface area contributed by atoms with Crippen LogP contribution >= 0.6 is 0 Å². The first-order valence-corrected chi connectivity index (χ1v) is 11.5. The van der Waals surface area contributed by atoms with Crippen LogP contribution in [0.3, 0.4) is 0 Å². The first-order valence-electron chi connectivity index (χ1n) is 11.5. The van der Waals surface area contributed by atoms with Gasteiger partial charge in [0.2, 0.25) is 0 Å². The molecule has 5 nitrogen and oxygen atoms in total. The molecule has 0 atom stereocenters. The molecule has 0 amide bonds. The Morgan fingerprint density at radius 1 is 0.938 bits per heavy atom. The van der Waals surface area contributed by atoms with Crippen LogP contribution in [0.5, 0.6) is 0 Å². The number of fused-ring (bicyclic) bond motifs is 1. The summed E-state index contributed by atoms with van der Waals surface area (Å²) in [5.41, 5.74) is 12.4. The van der Waals surface area contributed by atoms with Crippen molar-refractivity contribution in [2.45, 2.75) is 58.2 Å². The molecule has 0 saturated heterocycles. The average molecular weight is 431 g/mol. The third kappa shape index (κ3) is 5.40. The molecular formula is C27H34N4O. The molecule has 1 aromatic heterocycles. The Bertz CT molecular complexity index is 988. The highest BCUT2D eigenvalue weighted by molar-refractivity contribution is 5.82. The standard InChI is InChI=1S/C27H34N4O/c1-27(2,32)19-29-25-22-15-9-10-16-23(22)30-26(24(25)28)31(17-20-11-5-3-6-12-20)18-21-13-7-4-8-14-21/h3-8,11-14,32H,9-10,15-19,28H2,1-2H3,(H,29,30). The number of benzene rings is 2. The summed E-state index contributed by atoms with van der Waals surface area (Å²) >= 11 is 0. The topological polar surface area (TPSA) is 74.4 Å². The number of nitrogen functional groups attached to an aromatic ring is 1. The Balaban J connectivity index is 1.76. The molecule has 0 radical (unpaired) electrons. The summed E-state index contributed by atoms with van der Waals surface area (Å²) in [6.07, 6.45) is 4.22. The molecule has 1 aliphatic rings. The van der Waals surface area contributed by atoms with Crippen molar-refractivity contribution >= 4 is 17.2 Å². The molecule has 0 fully saturated rings. The fourth-order valence-corrected chi connectivity index (χ4v) is 4.31. The lowest BCUT2D eigenvalue weighted by molar-refractivity contribution is 0.0945. The number of aromatic nitrogens is 1. The van der Waals surface area contributed by atoms with Crippen LogP contribution < -0.4 is 16.0 Å². The van der Waals surface area contributed by atoms with E-state index in [1.807, 2.05) is 26.0 Å². The zero-order valence-electron chi connectivity index (χ0n) is 19.1. The molecule has 4 N–H and O–H groups in total. The van der Waals surface area contributed by atoms with Gasteiger partial charge in [0.25, 0.3) is 0 Å². The van der Waals surface area contributed by atoms with Crippen LogP contribution in [-0.4, -0.2) is 22.2 Å². The van der Waals surface area contributed by atoms with E-state index < -0.39 is 5.60 Å². The van der Waals surface area contributed by atoms with E-state index in [2.05, 4.69) is 58.7 Å². The van der Waals surface area contributed by atoms with Gasteiger partial charge in [-0.25, -0.2) is 4.98 Å². The minimum absolute atomic E-state index is 0.435. The van der Waals surface area contributed by atoms with E-state index in [1.165, 1.54) is 16.7 Å². The Morgan fingerprint density at radius 3 is 2.06 bits per heavy atom. The number of anilines is 3. The number of nitrogens with two attached hydrogens (primary N) is 1. The highest BCUT2D eigenvalue weighted by Gasteiger charge is 2.25. The van der Waals surface area contributed by atoms with Gasteiger partial charge in [0, 0.05) is 25.3 Å². The highest BCUT2D eigenvalue weighted by Crippen LogP contribution is 2.38. The molecule has 0 bridgehead atoms. The second-order valence-electron chi connectivity index (χ2n) is 9.35. The van der Waals surface area contributed by atoms with Crippen molar-refractivity contribution in [3.05, 3.63) is 83.0 Å². The number of nitrogens with zero attached hydrogens (tertiary/aromatic N) is 2. The molecule has 0 spiro atoms. The van der Waals surface area contributed by atoms with Gasteiger partial charge in [-0.05, 0) is 56.2 Å². The number of aliphatic hydroxyl groups is 1. The van der Waals surface area contributed by atoms with Gasteiger partial charge in [-0.15, -0.1) is 0 Å². The molecule has 1 aliphatic carbocycles. The van der Waals surface area contributed by atoms with Gasteiger partial charge in [0.15, 0.2) is 5.82 Å². The molecule has 5 heteroatoms. The Hall–Kier alpha value is -3.05. The number of rotatable bonds is 8. The number of hydrogen-bond acceptors (Lipinski definition) is 5. The molecule has 168 valence electrons. The van der Waals surface area contributed by atoms with Gasteiger partial charge < -0.3 is 21.1 Å². The van der Waals surface area contributed by atoms with E-state index in [0.29, 0.717) is 12.2 Å². The first kappa shape index (κ1) is 22.2. The fourth-order valence-electron chi connectivity index (χ4n) is 4.31. The smallest absolute Gasteiger partial charge is 0.154 e. The largest absolute Gasteiger partial charge is 0.394 e. The average Bonchev–Trinajstić information content (AvgIpc) is 2.78. The van der Waals surface area contributed by atoms with Crippen LogP contribution in [0.4, 0.5) is 17.2 Å². The molecule has 32 heavy (non-hydrogen) atoms. The molecule has 0 unspecified atom stereocenters. The number of nitrogens with one attached hydrogen (secondary N) is 1. The van der Waals surface area contributed by atoms with Crippen molar-refractivity contribution in [3.63, 3.8) is 0 Å². The van der Waals surface area contributed by atoms with Gasteiger partial charge >= 0.3 is 0 Å². The zero-order valence-corrected chi connectivity index (χ0v) is 19.1. The van der Waals surface area contributed by atoms with E-state index in [4.69, 9.17) is 10.7 Å². The Labute approximate surface area is 191 Å². The summed E-state index contributed by atoms with van der Waals surface area (Å²) in [5.74, 6) is 0.816. The summed E-state index contributed by atoms with van der Waals surface area (Å²) < 4.78 is 0. The monoisotopic (exact) mass is 430 g/mol. The van der Waals surface area contributed by atoms with Crippen molar-refractivity contribution in [1.82, 2.24) is 4.98 Å². The van der Waals surface area contributed by atoms with Crippen molar-refractivity contribution < 1.29 is 5.11 Å². The highest BCUT2D eigenvalue weighted by atomic mass is 16.3. The Morgan fingerprint density at radius 2 is 1.50 bits per heavy atom. The summed E-state index contributed by atoms with van der Waals surface area (Å²) in [5, 5.41) is 13.8. The van der Waals surface area contributed by atoms with Crippen LogP contribution in [0, 0.1) is 0 Å². The second kappa shape index (κ2) is 9.61. The van der Waals surface area contributed by atoms with Crippen LogP contribution in [-0.2, 0) is 25.9 Å². The number of hydrogen-bond donors (Lipinski definition) is 3. The SMILES string of the molecule is CC(C)(O)CNc1c(N)c(N(Cc2ccccc2)Cc2ccccc2)nc2c1CCCC2. The summed E-state index contributed by atoms with van der Waals surface area (Å²) in [6, 6.07) is 20.9. The van der Waals surface area contributed by atoms with Crippen molar-refractivity contribution in [3.8, 4) is 0 Å². The quantitative estimate of drug-likeness (QED) is 0.472. The summed E-state index contributed by atoms with van der Waals surface area (Å²) in [7, 11) is 0. The molecule has 3 aromatic rings. The minimum atomic E-state index is -0.828. The molecule has 1 heterocycles. The number of pyridine rings is 1. The molecule has 2 aromatic carbocycles. The molecular weight excluding hydrogens is 396 g/mol. The lowest BCUT2D eigenvalue weighted by Crippen LogP contribution is -2.31. The van der Waals surface area contributed by atoms with E-state index in [1.54, 1.807) is 0 Å². The minimum Gasteiger partial charge on any atom is -0.394 e. The van der Waals surface area contributed by atoms with Gasteiger partial charge in [-0.1, -0.05) is 60.7 Å². The maximum atomic E-state index is 10.3. The van der Waals surface area contributed by atoms with E-state index in [-0.39, 0.29) is 0 Å². The zero-order chi connectivity index (χ0) is 22.6. The lowest BCUT2D eigenvalue weighted by atomic mass is 9.93. The summed E-state index contributed by atoms with van der Waals surface area (Å²) in [6.45, 7) is 5.49. The first-order chi connectivity index (χ1) is 15.4. The van der Waals surface area contributed by atoms with Crippen molar-refractivity contribution in [2.24, 2.45) is 0 Å².